The summed E-state index contributed by atoms with van der Waals surface area (Å²) in [6.45, 7) is 6.57. The highest BCUT2D eigenvalue weighted by molar-refractivity contribution is 5.91. The molecule has 0 aromatic rings. The first-order chi connectivity index (χ1) is 12.5. The third-order valence-corrected chi connectivity index (χ3v) is 8.74. The van der Waals surface area contributed by atoms with Gasteiger partial charge in [-0.3, -0.25) is 4.79 Å². The van der Waals surface area contributed by atoms with Gasteiger partial charge in [-0.2, -0.15) is 0 Å². The van der Waals surface area contributed by atoms with E-state index in [1.54, 1.807) is 0 Å². The number of ether oxygens (including phenoxy) is 1. The number of rotatable bonds is 1. The van der Waals surface area contributed by atoms with Gasteiger partial charge >= 0.3 is 0 Å². The Morgan fingerprint density at radius 2 is 2.15 bits per heavy atom. The molecule has 0 amide bonds. The molecule has 5 aliphatic rings. The zero-order valence-corrected chi connectivity index (χ0v) is 15.7. The van der Waals surface area contributed by atoms with Crippen molar-refractivity contribution in [3.05, 3.63) is 36.5 Å². The van der Waals surface area contributed by atoms with Crippen LogP contribution >= 0.6 is 0 Å². The predicted octanol–water partition coefficient (Wildman–Crippen LogP) is 4.18. The Morgan fingerprint density at radius 1 is 1.31 bits per heavy atom. The molecule has 8 atom stereocenters. The molecule has 140 valence electrons. The van der Waals surface area contributed by atoms with Gasteiger partial charge in [0.1, 0.15) is 0 Å². The molecule has 3 saturated carbocycles. The van der Waals surface area contributed by atoms with Crippen LogP contribution in [0.5, 0.6) is 0 Å². The van der Waals surface area contributed by atoms with E-state index in [1.807, 2.05) is 12.2 Å². The zero-order valence-electron chi connectivity index (χ0n) is 15.7. The molecule has 0 aromatic carbocycles. The van der Waals surface area contributed by atoms with Crippen molar-refractivity contribution in [1.82, 2.24) is 0 Å². The van der Waals surface area contributed by atoms with Gasteiger partial charge in [-0.05, 0) is 80.3 Å². The number of fused-ring (bicyclic) bond motifs is 6. The van der Waals surface area contributed by atoms with Crippen molar-refractivity contribution >= 4 is 5.78 Å². The molecule has 3 fully saturated rings. The monoisotopic (exact) mass is 354 g/mol. The Balaban J connectivity index is 1.52. The summed E-state index contributed by atoms with van der Waals surface area (Å²) >= 11 is 0. The molecule has 0 aromatic heterocycles. The van der Waals surface area contributed by atoms with Crippen LogP contribution in [0.4, 0.5) is 0 Å². The molecule has 1 heterocycles. The quantitative estimate of drug-likeness (QED) is 0.719. The van der Waals surface area contributed by atoms with Gasteiger partial charge < -0.3 is 9.84 Å². The molecule has 1 spiro atoms. The minimum absolute atomic E-state index is 0.0924. The first kappa shape index (κ1) is 16.9. The number of ketones is 1. The molecule has 0 saturated heterocycles. The minimum Gasteiger partial charge on any atom is -0.365 e. The van der Waals surface area contributed by atoms with Crippen LogP contribution in [-0.2, 0) is 9.53 Å². The van der Waals surface area contributed by atoms with Gasteiger partial charge in [0, 0.05) is 11.8 Å². The Hall–Kier alpha value is -1.19. The standard InChI is InChI=1S/C23H30O3/c1-3-14-12-15-13-16(24)4-5-17(15)18-6-9-22(2)19(21(14)18)7-10-23(22)11-8-20(25)26-23/h3,8,11,13-14,17-21,25H,1,4-7,9-10,12H2,2H3/t14-,17-,18?,19?,20?,21?,22-,23+/m0/s1. The zero-order chi connectivity index (χ0) is 18.1. The molecule has 1 aliphatic heterocycles. The summed E-state index contributed by atoms with van der Waals surface area (Å²) in [6, 6.07) is 0. The Bertz CT molecular complexity index is 706. The van der Waals surface area contributed by atoms with Crippen molar-refractivity contribution in [2.75, 3.05) is 0 Å². The summed E-state index contributed by atoms with van der Waals surface area (Å²) in [5, 5.41) is 10.0. The highest BCUT2D eigenvalue weighted by Gasteiger charge is 2.65. The van der Waals surface area contributed by atoms with Crippen LogP contribution in [0.2, 0.25) is 0 Å². The van der Waals surface area contributed by atoms with Crippen LogP contribution in [-0.4, -0.2) is 22.8 Å². The average molecular weight is 354 g/mol. The predicted molar refractivity (Wildman–Crippen MR) is 100 cm³/mol. The molecule has 0 radical (unpaired) electrons. The van der Waals surface area contributed by atoms with Crippen molar-refractivity contribution in [3.63, 3.8) is 0 Å². The Morgan fingerprint density at radius 3 is 2.88 bits per heavy atom. The number of hydrogen-bond acceptors (Lipinski definition) is 3. The summed E-state index contributed by atoms with van der Waals surface area (Å²) in [5.74, 6) is 3.30. The number of carbonyl (C=O) groups is 1. The van der Waals surface area contributed by atoms with E-state index in [1.165, 1.54) is 18.4 Å². The fraction of sp³-hybridized carbons (Fsp3) is 0.696. The van der Waals surface area contributed by atoms with Crippen LogP contribution in [0.1, 0.15) is 51.9 Å². The van der Waals surface area contributed by atoms with E-state index in [2.05, 4.69) is 25.7 Å². The number of hydrogen-bond donors (Lipinski definition) is 1. The maximum absolute atomic E-state index is 12.0. The molecule has 3 heteroatoms. The number of carbonyl (C=O) groups excluding carboxylic acids is 1. The first-order valence-corrected chi connectivity index (χ1v) is 10.4. The van der Waals surface area contributed by atoms with Crippen LogP contribution < -0.4 is 0 Å². The van der Waals surface area contributed by atoms with Crippen molar-refractivity contribution < 1.29 is 14.6 Å². The van der Waals surface area contributed by atoms with E-state index >= 15 is 0 Å². The van der Waals surface area contributed by atoms with Gasteiger partial charge in [-0.1, -0.05) is 24.6 Å². The largest absolute Gasteiger partial charge is 0.365 e. The normalized spacial score (nSPS) is 52.4. The second kappa shape index (κ2) is 5.65. The van der Waals surface area contributed by atoms with Crippen molar-refractivity contribution in [1.29, 1.82) is 0 Å². The number of allylic oxidation sites excluding steroid dienone is 2. The molecule has 0 bridgehead atoms. The second-order valence-electron chi connectivity index (χ2n) is 9.53. The maximum atomic E-state index is 12.0. The first-order valence-electron chi connectivity index (χ1n) is 10.4. The third kappa shape index (κ3) is 2.10. The van der Waals surface area contributed by atoms with E-state index < -0.39 is 6.29 Å². The summed E-state index contributed by atoms with van der Waals surface area (Å²) in [6.07, 6.45) is 14.7. The Labute approximate surface area is 156 Å². The van der Waals surface area contributed by atoms with Gasteiger partial charge in [0.05, 0.1) is 5.60 Å². The molecular formula is C23H30O3. The van der Waals surface area contributed by atoms with Crippen LogP contribution in [0.25, 0.3) is 0 Å². The summed E-state index contributed by atoms with van der Waals surface area (Å²) in [5.41, 5.74) is 1.21. The third-order valence-electron chi connectivity index (χ3n) is 8.74. The van der Waals surface area contributed by atoms with Gasteiger partial charge in [-0.25, -0.2) is 0 Å². The molecule has 1 N–H and O–H groups in total. The lowest BCUT2D eigenvalue weighted by molar-refractivity contribution is -0.183. The van der Waals surface area contributed by atoms with Crippen molar-refractivity contribution in [2.24, 2.45) is 35.0 Å². The fourth-order valence-electron chi connectivity index (χ4n) is 7.56. The molecule has 4 unspecified atom stereocenters. The van der Waals surface area contributed by atoms with Crippen LogP contribution in [0, 0.1) is 35.0 Å². The fourth-order valence-corrected chi connectivity index (χ4v) is 7.56. The van der Waals surface area contributed by atoms with E-state index in [-0.39, 0.29) is 11.0 Å². The second-order valence-corrected chi connectivity index (χ2v) is 9.53. The van der Waals surface area contributed by atoms with E-state index in [0.717, 1.165) is 32.1 Å². The lowest BCUT2D eigenvalue weighted by Crippen LogP contribution is -2.54. The topological polar surface area (TPSA) is 46.5 Å². The Kier molecular flexibility index (Phi) is 3.68. The van der Waals surface area contributed by atoms with Crippen molar-refractivity contribution in [3.8, 4) is 0 Å². The SMILES string of the molecule is C=C[C@H]1CC2=CC(=O)CC[C@@H]2C2CC[C@@]3(C)C(CC[C@@]34C=CC(O)O4)C21. The van der Waals surface area contributed by atoms with Crippen LogP contribution in [0.3, 0.4) is 0 Å². The van der Waals surface area contributed by atoms with Gasteiger partial charge in [0.25, 0.3) is 0 Å². The highest BCUT2D eigenvalue weighted by atomic mass is 16.6. The van der Waals surface area contributed by atoms with Gasteiger partial charge in [0.2, 0.25) is 0 Å². The molecule has 26 heavy (non-hydrogen) atoms. The highest BCUT2D eigenvalue weighted by Crippen LogP contribution is 2.68. The van der Waals surface area contributed by atoms with E-state index in [4.69, 9.17) is 4.74 Å². The number of aliphatic hydroxyl groups excluding tert-OH is 1. The maximum Gasteiger partial charge on any atom is 0.175 e. The van der Waals surface area contributed by atoms with E-state index in [0.29, 0.717) is 35.4 Å². The average Bonchev–Trinajstić information content (AvgIpc) is 3.14. The molecule has 3 nitrogen and oxygen atoms in total. The summed E-state index contributed by atoms with van der Waals surface area (Å²) < 4.78 is 6.11. The smallest absolute Gasteiger partial charge is 0.175 e. The molecule has 5 rings (SSSR count). The van der Waals surface area contributed by atoms with Gasteiger partial charge in [-0.15, -0.1) is 6.58 Å². The molecular weight excluding hydrogens is 324 g/mol. The summed E-state index contributed by atoms with van der Waals surface area (Å²) in [7, 11) is 0. The lowest BCUT2D eigenvalue weighted by Gasteiger charge is -2.57. The van der Waals surface area contributed by atoms with E-state index in [9.17, 15) is 9.90 Å². The number of aliphatic hydroxyl groups is 1. The molecule has 4 aliphatic carbocycles. The summed E-state index contributed by atoms with van der Waals surface area (Å²) in [4.78, 5) is 12.0. The minimum atomic E-state index is -0.747. The lowest BCUT2D eigenvalue weighted by atomic mass is 9.48. The van der Waals surface area contributed by atoms with Crippen LogP contribution in [0.15, 0.2) is 36.5 Å². The van der Waals surface area contributed by atoms with Gasteiger partial charge in [0.15, 0.2) is 12.1 Å². The van der Waals surface area contributed by atoms with Crippen molar-refractivity contribution in [2.45, 2.75) is 63.8 Å².